The molecule has 0 aliphatic rings. The van der Waals surface area contributed by atoms with Gasteiger partial charge in [-0.25, -0.2) is 9.48 Å². The standard InChI is InChI=1S/C20H21N3O3S/c1-20(2,3)26-19(25)22-15-6-4-5-13(9-15)12-23-18(24)17-8-7-16(27)10-14(17)11-21-23/h4-11,27H,12H2,1-3H3,(H,22,25). The SMILES string of the molecule is CC(C)(C)OC(=O)Nc1cccc(Cn2ncc3cc(S)ccc3c2=O)c1. The summed E-state index contributed by atoms with van der Waals surface area (Å²) in [6, 6.07) is 12.6. The highest BCUT2D eigenvalue weighted by molar-refractivity contribution is 7.80. The number of hydrogen-bond donors (Lipinski definition) is 2. The molecule has 0 atom stereocenters. The minimum Gasteiger partial charge on any atom is -0.444 e. The molecule has 0 saturated carbocycles. The number of aromatic nitrogens is 2. The van der Waals surface area contributed by atoms with Crippen molar-refractivity contribution in [1.82, 2.24) is 9.78 Å². The molecular weight excluding hydrogens is 362 g/mol. The van der Waals surface area contributed by atoms with Gasteiger partial charge in [0.05, 0.1) is 18.1 Å². The van der Waals surface area contributed by atoms with E-state index in [9.17, 15) is 9.59 Å². The molecule has 1 amide bonds. The zero-order valence-corrected chi connectivity index (χ0v) is 16.3. The van der Waals surface area contributed by atoms with Crippen LogP contribution >= 0.6 is 12.6 Å². The monoisotopic (exact) mass is 383 g/mol. The van der Waals surface area contributed by atoms with E-state index in [0.717, 1.165) is 15.8 Å². The number of nitrogens with zero attached hydrogens (tertiary/aromatic N) is 2. The largest absolute Gasteiger partial charge is 0.444 e. The van der Waals surface area contributed by atoms with Crippen molar-refractivity contribution in [2.45, 2.75) is 37.8 Å². The van der Waals surface area contributed by atoms with Gasteiger partial charge in [-0.3, -0.25) is 10.1 Å². The third-order valence-electron chi connectivity index (χ3n) is 3.74. The van der Waals surface area contributed by atoms with E-state index in [4.69, 9.17) is 4.74 Å². The second-order valence-electron chi connectivity index (χ2n) is 7.21. The number of rotatable bonds is 3. The number of ether oxygens (including phenoxy) is 1. The Morgan fingerprint density at radius 3 is 2.74 bits per heavy atom. The first-order valence-corrected chi connectivity index (χ1v) is 8.94. The van der Waals surface area contributed by atoms with E-state index in [-0.39, 0.29) is 5.56 Å². The third-order valence-corrected chi connectivity index (χ3v) is 4.02. The molecule has 0 bridgehead atoms. The second kappa shape index (κ2) is 7.44. The molecule has 0 saturated heterocycles. The van der Waals surface area contributed by atoms with E-state index in [1.54, 1.807) is 57.3 Å². The van der Waals surface area contributed by atoms with Crippen molar-refractivity contribution in [3.05, 3.63) is 64.6 Å². The first-order chi connectivity index (χ1) is 12.7. The summed E-state index contributed by atoms with van der Waals surface area (Å²) in [4.78, 5) is 25.3. The first kappa shape index (κ1) is 19.0. The average molecular weight is 383 g/mol. The maximum absolute atomic E-state index is 12.6. The average Bonchev–Trinajstić information content (AvgIpc) is 2.56. The molecule has 0 unspecified atom stereocenters. The summed E-state index contributed by atoms with van der Waals surface area (Å²) >= 11 is 4.28. The molecule has 27 heavy (non-hydrogen) atoms. The molecule has 0 aliphatic carbocycles. The third kappa shape index (κ3) is 4.89. The first-order valence-electron chi connectivity index (χ1n) is 8.49. The van der Waals surface area contributed by atoms with Crippen LogP contribution in [0.5, 0.6) is 0 Å². The predicted octanol–water partition coefficient (Wildman–Crippen LogP) is 4.08. The Hall–Kier alpha value is -2.80. The van der Waals surface area contributed by atoms with Crippen LogP contribution in [0.4, 0.5) is 10.5 Å². The topological polar surface area (TPSA) is 73.2 Å². The molecule has 140 valence electrons. The predicted molar refractivity (Wildman–Crippen MR) is 109 cm³/mol. The molecule has 1 heterocycles. The summed E-state index contributed by atoms with van der Waals surface area (Å²) < 4.78 is 6.65. The zero-order valence-electron chi connectivity index (χ0n) is 15.4. The highest BCUT2D eigenvalue weighted by Crippen LogP contribution is 2.16. The van der Waals surface area contributed by atoms with Crippen molar-refractivity contribution in [2.24, 2.45) is 0 Å². The van der Waals surface area contributed by atoms with Gasteiger partial charge >= 0.3 is 6.09 Å². The summed E-state index contributed by atoms with van der Waals surface area (Å²) in [5.74, 6) is 0. The molecule has 0 spiro atoms. The number of fused-ring (bicyclic) bond motifs is 1. The van der Waals surface area contributed by atoms with Crippen LogP contribution in [0.1, 0.15) is 26.3 Å². The Kier molecular flexibility index (Phi) is 5.23. The molecular formula is C20H21N3O3S. The van der Waals surface area contributed by atoms with Gasteiger partial charge in [0.15, 0.2) is 0 Å². The Labute approximate surface area is 162 Å². The van der Waals surface area contributed by atoms with Gasteiger partial charge < -0.3 is 4.74 Å². The minimum atomic E-state index is -0.573. The van der Waals surface area contributed by atoms with E-state index < -0.39 is 11.7 Å². The molecule has 1 aromatic heterocycles. The van der Waals surface area contributed by atoms with Crippen molar-refractivity contribution >= 4 is 35.2 Å². The number of nitrogens with one attached hydrogen (secondary N) is 1. The second-order valence-corrected chi connectivity index (χ2v) is 7.72. The summed E-state index contributed by atoms with van der Waals surface area (Å²) in [6.45, 7) is 5.70. The number of thiol groups is 1. The van der Waals surface area contributed by atoms with Crippen molar-refractivity contribution < 1.29 is 9.53 Å². The van der Waals surface area contributed by atoms with Gasteiger partial charge in [-0.1, -0.05) is 12.1 Å². The van der Waals surface area contributed by atoms with Crippen molar-refractivity contribution in [2.75, 3.05) is 5.32 Å². The van der Waals surface area contributed by atoms with Crippen LogP contribution in [-0.2, 0) is 11.3 Å². The fourth-order valence-corrected chi connectivity index (χ4v) is 2.84. The number of hydrogen-bond acceptors (Lipinski definition) is 5. The normalized spacial score (nSPS) is 11.4. The quantitative estimate of drug-likeness (QED) is 0.669. The van der Waals surface area contributed by atoms with Crippen LogP contribution in [-0.4, -0.2) is 21.5 Å². The summed E-state index contributed by atoms with van der Waals surface area (Å²) in [6.07, 6.45) is 1.13. The lowest BCUT2D eigenvalue weighted by Crippen LogP contribution is -2.27. The molecule has 6 nitrogen and oxygen atoms in total. The lowest BCUT2D eigenvalue weighted by Gasteiger charge is -2.19. The van der Waals surface area contributed by atoms with Crippen molar-refractivity contribution in [3.63, 3.8) is 0 Å². The maximum Gasteiger partial charge on any atom is 0.412 e. The number of anilines is 1. The fourth-order valence-electron chi connectivity index (χ4n) is 2.63. The number of benzene rings is 2. The summed E-state index contributed by atoms with van der Waals surface area (Å²) in [7, 11) is 0. The van der Waals surface area contributed by atoms with E-state index in [1.165, 1.54) is 4.68 Å². The van der Waals surface area contributed by atoms with Crippen molar-refractivity contribution in [1.29, 1.82) is 0 Å². The highest BCUT2D eigenvalue weighted by Gasteiger charge is 2.16. The highest BCUT2D eigenvalue weighted by atomic mass is 32.1. The van der Waals surface area contributed by atoms with Gasteiger partial charge in [0.1, 0.15) is 5.60 Å². The molecule has 7 heteroatoms. The van der Waals surface area contributed by atoms with Crippen LogP contribution in [0.3, 0.4) is 0 Å². The van der Waals surface area contributed by atoms with E-state index in [2.05, 4.69) is 23.0 Å². The van der Waals surface area contributed by atoms with Gasteiger partial charge in [-0.05, 0) is 56.7 Å². The van der Waals surface area contributed by atoms with Gasteiger partial charge in [-0.15, -0.1) is 12.6 Å². The Morgan fingerprint density at radius 2 is 2.00 bits per heavy atom. The minimum absolute atomic E-state index is 0.175. The number of carbonyl (C=O) groups excluding carboxylic acids is 1. The van der Waals surface area contributed by atoms with Gasteiger partial charge in [0, 0.05) is 16.0 Å². The maximum atomic E-state index is 12.6. The van der Waals surface area contributed by atoms with E-state index in [0.29, 0.717) is 17.6 Å². The number of carbonyl (C=O) groups is 1. The fraction of sp³-hybridized carbons (Fsp3) is 0.250. The number of amides is 1. The van der Waals surface area contributed by atoms with E-state index in [1.807, 2.05) is 12.1 Å². The zero-order chi connectivity index (χ0) is 19.6. The van der Waals surface area contributed by atoms with Crippen LogP contribution in [0.25, 0.3) is 10.8 Å². The molecule has 1 N–H and O–H groups in total. The Morgan fingerprint density at radius 1 is 1.22 bits per heavy atom. The lowest BCUT2D eigenvalue weighted by molar-refractivity contribution is 0.0636. The summed E-state index contributed by atoms with van der Waals surface area (Å²) in [5.41, 5.74) is 0.682. The molecule has 0 radical (unpaired) electrons. The lowest BCUT2D eigenvalue weighted by atomic mass is 10.2. The smallest absolute Gasteiger partial charge is 0.412 e. The molecule has 3 aromatic rings. The molecule has 0 fully saturated rings. The molecule has 2 aromatic carbocycles. The Balaban J connectivity index is 1.81. The van der Waals surface area contributed by atoms with Crippen LogP contribution < -0.4 is 10.9 Å². The van der Waals surface area contributed by atoms with Gasteiger partial charge in [0.25, 0.3) is 5.56 Å². The van der Waals surface area contributed by atoms with E-state index >= 15 is 0 Å². The summed E-state index contributed by atoms with van der Waals surface area (Å²) in [5, 5.41) is 8.28. The van der Waals surface area contributed by atoms with Crippen molar-refractivity contribution in [3.8, 4) is 0 Å². The van der Waals surface area contributed by atoms with Gasteiger partial charge in [-0.2, -0.15) is 5.10 Å². The molecule has 0 aliphatic heterocycles. The van der Waals surface area contributed by atoms with Crippen LogP contribution in [0.15, 0.2) is 58.4 Å². The van der Waals surface area contributed by atoms with Gasteiger partial charge in [0.2, 0.25) is 0 Å². The van der Waals surface area contributed by atoms with Crippen LogP contribution in [0.2, 0.25) is 0 Å². The van der Waals surface area contributed by atoms with Crippen LogP contribution in [0, 0.1) is 0 Å². The molecule has 3 rings (SSSR count). The Bertz CT molecular complexity index is 1050.